The van der Waals surface area contributed by atoms with Gasteiger partial charge in [0, 0.05) is 37.4 Å². The summed E-state index contributed by atoms with van der Waals surface area (Å²) in [5.74, 6) is 1.19. The summed E-state index contributed by atoms with van der Waals surface area (Å²) in [6, 6.07) is 26.9. The van der Waals surface area contributed by atoms with Crippen LogP contribution in [-0.4, -0.2) is 45.5 Å². The lowest BCUT2D eigenvalue weighted by Crippen LogP contribution is -2.42. The molecule has 1 aliphatic heterocycles. The molecule has 3 aromatic carbocycles. The Labute approximate surface area is 233 Å². The summed E-state index contributed by atoms with van der Waals surface area (Å²) in [6.07, 6.45) is 2.16. The van der Waals surface area contributed by atoms with E-state index in [1.807, 2.05) is 50.2 Å². The predicted molar refractivity (Wildman–Crippen MR) is 159 cm³/mol. The number of nitrogens with one attached hydrogen (secondary N) is 2. The third-order valence-corrected chi connectivity index (χ3v) is 7.52. The molecule has 0 saturated carbocycles. The molecule has 3 heterocycles. The molecule has 0 radical (unpaired) electrons. The molecule has 1 aliphatic rings. The maximum Gasteiger partial charge on any atom is 0.277 e. The summed E-state index contributed by atoms with van der Waals surface area (Å²) in [6.45, 7) is 7.19. The molecule has 8 nitrogen and oxygen atoms in total. The van der Waals surface area contributed by atoms with Crippen molar-refractivity contribution in [3.05, 3.63) is 100 Å². The van der Waals surface area contributed by atoms with Crippen molar-refractivity contribution >= 4 is 16.7 Å². The molecule has 2 aromatic heterocycles. The average Bonchev–Trinajstić information content (AvgIpc) is 3.34. The van der Waals surface area contributed by atoms with Crippen LogP contribution in [0.4, 0.5) is 5.69 Å². The number of aryl methyl sites for hydroxylation is 1. The molecule has 0 amide bonds. The number of nitrogens with zero attached hydrogens (tertiary/aromatic N) is 4. The molecule has 8 heteroatoms. The van der Waals surface area contributed by atoms with Crippen LogP contribution in [0.3, 0.4) is 0 Å². The SMILES string of the molecule is CCOc1cc(N2CCC(NCc3ccccc3)CC2)ccc1-c1nc2c(C)nn(-c3ccccc3)c2c(=O)[nH]1. The summed E-state index contributed by atoms with van der Waals surface area (Å²) in [4.78, 5) is 23.6. The highest BCUT2D eigenvalue weighted by Crippen LogP contribution is 2.34. The minimum atomic E-state index is -0.235. The van der Waals surface area contributed by atoms with Crippen LogP contribution in [0.1, 0.15) is 31.0 Å². The number of anilines is 1. The van der Waals surface area contributed by atoms with Gasteiger partial charge in [-0.25, -0.2) is 9.67 Å². The molecule has 0 bridgehead atoms. The highest BCUT2D eigenvalue weighted by Gasteiger charge is 2.22. The summed E-state index contributed by atoms with van der Waals surface area (Å²) in [5.41, 5.74) is 5.49. The van der Waals surface area contributed by atoms with Crippen molar-refractivity contribution in [1.82, 2.24) is 25.1 Å². The van der Waals surface area contributed by atoms with Gasteiger partial charge in [0.15, 0.2) is 5.52 Å². The maximum atomic E-state index is 13.3. The number of hydrogen-bond donors (Lipinski definition) is 2. The highest BCUT2D eigenvalue weighted by atomic mass is 16.5. The number of ether oxygens (including phenoxy) is 1. The zero-order valence-corrected chi connectivity index (χ0v) is 22.9. The normalized spacial score (nSPS) is 14.1. The van der Waals surface area contributed by atoms with Gasteiger partial charge >= 0.3 is 0 Å². The fourth-order valence-corrected chi connectivity index (χ4v) is 5.42. The molecule has 5 aromatic rings. The summed E-state index contributed by atoms with van der Waals surface area (Å²) in [5, 5.41) is 8.33. The van der Waals surface area contributed by atoms with E-state index in [0.717, 1.165) is 49.4 Å². The standard InChI is InChI=1S/C32H34N6O2/c1-3-40-28-20-26(37-18-16-24(17-19-37)33-21-23-10-6-4-7-11-23)14-15-27(28)31-34-29-22(2)36-38(30(29)32(39)35-31)25-12-8-5-9-13-25/h4-15,20,24,33H,3,16-19,21H2,1-2H3,(H,34,35,39). The Balaban J connectivity index is 1.23. The molecular formula is C32H34N6O2. The van der Waals surface area contributed by atoms with E-state index in [9.17, 15) is 4.79 Å². The molecule has 0 unspecified atom stereocenters. The quantitative estimate of drug-likeness (QED) is 0.283. The Bertz CT molecular complexity index is 1650. The minimum Gasteiger partial charge on any atom is -0.493 e. The lowest BCUT2D eigenvalue weighted by Gasteiger charge is -2.34. The Morgan fingerprint density at radius 2 is 1.70 bits per heavy atom. The molecule has 1 saturated heterocycles. The smallest absolute Gasteiger partial charge is 0.277 e. The number of fused-ring (bicyclic) bond motifs is 1. The first-order chi connectivity index (χ1) is 19.6. The summed E-state index contributed by atoms with van der Waals surface area (Å²) < 4.78 is 7.72. The molecule has 6 rings (SSSR count). The third kappa shape index (κ3) is 5.22. The third-order valence-electron chi connectivity index (χ3n) is 7.52. The van der Waals surface area contributed by atoms with E-state index in [1.165, 1.54) is 5.56 Å². The summed E-state index contributed by atoms with van der Waals surface area (Å²) in [7, 11) is 0. The van der Waals surface area contributed by atoms with Crippen LogP contribution >= 0.6 is 0 Å². The van der Waals surface area contributed by atoms with E-state index in [1.54, 1.807) is 4.68 Å². The van der Waals surface area contributed by atoms with Crippen LogP contribution in [-0.2, 0) is 6.54 Å². The van der Waals surface area contributed by atoms with Gasteiger partial charge in [-0.1, -0.05) is 48.5 Å². The van der Waals surface area contributed by atoms with E-state index in [-0.39, 0.29) is 5.56 Å². The maximum absolute atomic E-state index is 13.3. The molecule has 204 valence electrons. The largest absolute Gasteiger partial charge is 0.493 e. The second-order valence-electron chi connectivity index (χ2n) is 10.2. The number of benzene rings is 3. The van der Waals surface area contributed by atoms with Gasteiger partial charge in [0.25, 0.3) is 5.56 Å². The monoisotopic (exact) mass is 534 g/mol. The van der Waals surface area contributed by atoms with Crippen LogP contribution in [0.2, 0.25) is 0 Å². The van der Waals surface area contributed by atoms with E-state index >= 15 is 0 Å². The minimum absolute atomic E-state index is 0.235. The van der Waals surface area contributed by atoms with Gasteiger partial charge in [-0.15, -0.1) is 0 Å². The zero-order chi connectivity index (χ0) is 27.5. The first kappa shape index (κ1) is 25.8. The van der Waals surface area contributed by atoms with Crippen LogP contribution in [0, 0.1) is 6.92 Å². The molecule has 1 fully saturated rings. The molecule has 0 spiro atoms. The summed E-state index contributed by atoms with van der Waals surface area (Å²) >= 11 is 0. The van der Waals surface area contributed by atoms with Gasteiger partial charge < -0.3 is 19.9 Å². The number of aromatic amines is 1. The number of hydrogen-bond acceptors (Lipinski definition) is 6. The number of rotatable bonds is 8. The molecule has 2 N–H and O–H groups in total. The van der Waals surface area contributed by atoms with Crippen molar-refractivity contribution in [2.75, 3.05) is 24.6 Å². The van der Waals surface area contributed by atoms with Gasteiger partial charge in [0.05, 0.1) is 23.6 Å². The van der Waals surface area contributed by atoms with Crippen molar-refractivity contribution in [3.8, 4) is 22.8 Å². The Morgan fingerprint density at radius 1 is 0.975 bits per heavy atom. The molecule has 0 atom stereocenters. The number of H-pyrrole nitrogens is 1. The molecular weight excluding hydrogens is 500 g/mol. The van der Waals surface area contributed by atoms with E-state index < -0.39 is 0 Å². The Kier molecular flexibility index (Phi) is 7.33. The van der Waals surface area contributed by atoms with Gasteiger partial charge in [-0.05, 0) is 56.5 Å². The van der Waals surface area contributed by atoms with Crippen LogP contribution in [0.5, 0.6) is 5.75 Å². The molecule has 40 heavy (non-hydrogen) atoms. The molecule has 0 aliphatic carbocycles. The lowest BCUT2D eigenvalue weighted by molar-refractivity contribution is 0.341. The van der Waals surface area contributed by atoms with E-state index in [2.05, 4.69) is 62.8 Å². The first-order valence-corrected chi connectivity index (χ1v) is 13.9. The number of aromatic nitrogens is 4. The first-order valence-electron chi connectivity index (χ1n) is 13.9. The van der Waals surface area contributed by atoms with Crippen LogP contribution in [0.25, 0.3) is 28.1 Å². The fraction of sp³-hybridized carbons (Fsp3) is 0.281. The Hall–Kier alpha value is -4.43. The van der Waals surface area contributed by atoms with Gasteiger partial charge in [0.1, 0.15) is 17.1 Å². The predicted octanol–water partition coefficient (Wildman–Crippen LogP) is 5.24. The number of para-hydroxylation sites is 1. The average molecular weight is 535 g/mol. The van der Waals surface area contributed by atoms with Crippen LogP contribution in [0.15, 0.2) is 83.7 Å². The van der Waals surface area contributed by atoms with Crippen molar-refractivity contribution < 1.29 is 4.74 Å². The Morgan fingerprint density at radius 3 is 2.42 bits per heavy atom. The van der Waals surface area contributed by atoms with Crippen molar-refractivity contribution in [2.45, 2.75) is 39.3 Å². The van der Waals surface area contributed by atoms with Crippen molar-refractivity contribution in [2.24, 2.45) is 0 Å². The fourth-order valence-electron chi connectivity index (χ4n) is 5.42. The topological polar surface area (TPSA) is 88.1 Å². The number of piperidine rings is 1. The van der Waals surface area contributed by atoms with E-state index in [4.69, 9.17) is 9.72 Å². The van der Waals surface area contributed by atoms with Crippen molar-refractivity contribution in [3.63, 3.8) is 0 Å². The van der Waals surface area contributed by atoms with Crippen molar-refractivity contribution in [1.29, 1.82) is 0 Å². The van der Waals surface area contributed by atoms with Gasteiger partial charge in [-0.2, -0.15) is 5.10 Å². The van der Waals surface area contributed by atoms with Gasteiger partial charge in [0.2, 0.25) is 0 Å². The van der Waals surface area contributed by atoms with E-state index in [0.29, 0.717) is 40.9 Å². The van der Waals surface area contributed by atoms with Crippen LogP contribution < -0.4 is 20.5 Å². The lowest BCUT2D eigenvalue weighted by atomic mass is 10.0. The highest BCUT2D eigenvalue weighted by molar-refractivity contribution is 5.81. The zero-order valence-electron chi connectivity index (χ0n) is 22.9. The second kappa shape index (κ2) is 11.4. The van der Waals surface area contributed by atoms with Gasteiger partial charge in [-0.3, -0.25) is 4.79 Å². The second-order valence-corrected chi connectivity index (χ2v) is 10.2.